The number of phenolic OH excluding ortho intramolecular Hbond substituents is 1. The highest BCUT2D eigenvalue weighted by molar-refractivity contribution is 14.1. The first-order chi connectivity index (χ1) is 9.63. The minimum Gasteiger partial charge on any atom is -0.506 e. The SMILES string of the molecule is CCCC[C@H](c1cc(I)c(O)c(I)c1)N1CCNCC1. The van der Waals surface area contributed by atoms with Crippen LogP contribution in [0.15, 0.2) is 12.1 Å². The summed E-state index contributed by atoms with van der Waals surface area (Å²) in [5.74, 6) is 0.421. The lowest BCUT2D eigenvalue weighted by Crippen LogP contribution is -2.45. The fraction of sp³-hybridized carbons (Fsp3) is 0.600. The van der Waals surface area contributed by atoms with Crippen LogP contribution in [0, 0.1) is 7.14 Å². The topological polar surface area (TPSA) is 35.5 Å². The van der Waals surface area contributed by atoms with Crippen molar-refractivity contribution < 1.29 is 5.11 Å². The first kappa shape index (κ1) is 16.8. The molecule has 0 bridgehead atoms. The summed E-state index contributed by atoms with van der Waals surface area (Å²) in [5.41, 5.74) is 1.35. The molecule has 0 amide bonds. The van der Waals surface area contributed by atoms with Crippen molar-refractivity contribution in [1.82, 2.24) is 10.2 Å². The van der Waals surface area contributed by atoms with Crippen molar-refractivity contribution in [1.29, 1.82) is 0 Å². The average molecular weight is 500 g/mol. The van der Waals surface area contributed by atoms with Gasteiger partial charge in [0.1, 0.15) is 5.75 Å². The second kappa shape index (κ2) is 8.14. The van der Waals surface area contributed by atoms with Crippen molar-refractivity contribution >= 4 is 45.2 Å². The number of hydrogen-bond donors (Lipinski definition) is 2. The zero-order valence-electron chi connectivity index (χ0n) is 11.8. The number of halogens is 2. The van der Waals surface area contributed by atoms with E-state index in [0.717, 1.165) is 33.3 Å². The molecule has 5 heteroatoms. The Balaban J connectivity index is 2.25. The van der Waals surface area contributed by atoms with Crippen LogP contribution in [-0.4, -0.2) is 36.2 Å². The maximum atomic E-state index is 9.96. The van der Waals surface area contributed by atoms with Crippen molar-refractivity contribution in [2.45, 2.75) is 32.2 Å². The van der Waals surface area contributed by atoms with Crippen molar-refractivity contribution in [3.8, 4) is 5.75 Å². The predicted octanol–water partition coefficient (Wildman–Crippen LogP) is 3.74. The number of benzene rings is 1. The molecule has 2 N–H and O–H groups in total. The largest absolute Gasteiger partial charge is 0.506 e. The lowest BCUT2D eigenvalue weighted by molar-refractivity contribution is 0.163. The van der Waals surface area contributed by atoms with Gasteiger partial charge in [-0.15, -0.1) is 0 Å². The Bertz CT molecular complexity index is 424. The summed E-state index contributed by atoms with van der Waals surface area (Å²) >= 11 is 4.46. The van der Waals surface area contributed by atoms with Crippen LogP contribution in [0.4, 0.5) is 0 Å². The first-order valence-electron chi connectivity index (χ1n) is 7.26. The molecule has 0 radical (unpaired) electrons. The molecule has 1 atom stereocenters. The third-order valence-corrected chi connectivity index (χ3v) is 5.49. The van der Waals surface area contributed by atoms with Crippen LogP contribution in [0.2, 0.25) is 0 Å². The van der Waals surface area contributed by atoms with Gasteiger partial charge in [-0.25, -0.2) is 0 Å². The predicted molar refractivity (Wildman–Crippen MR) is 100 cm³/mol. The van der Waals surface area contributed by atoms with Crippen molar-refractivity contribution in [2.75, 3.05) is 26.2 Å². The summed E-state index contributed by atoms with van der Waals surface area (Å²) in [7, 11) is 0. The number of nitrogens with one attached hydrogen (secondary N) is 1. The van der Waals surface area contributed by atoms with E-state index in [2.05, 4.69) is 74.5 Å². The Morgan fingerprint density at radius 3 is 2.40 bits per heavy atom. The van der Waals surface area contributed by atoms with E-state index in [1.807, 2.05) is 0 Å². The highest BCUT2D eigenvalue weighted by Gasteiger charge is 2.23. The smallest absolute Gasteiger partial charge is 0.142 e. The van der Waals surface area contributed by atoms with Crippen LogP contribution >= 0.6 is 45.2 Å². The first-order valence-corrected chi connectivity index (χ1v) is 9.42. The molecule has 1 fully saturated rings. The van der Waals surface area contributed by atoms with Crippen LogP contribution < -0.4 is 5.32 Å². The monoisotopic (exact) mass is 500 g/mol. The molecule has 0 aromatic heterocycles. The van der Waals surface area contributed by atoms with E-state index in [1.165, 1.54) is 24.8 Å². The van der Waals surface area contributed by atoms with E-state index < -0.39 is 0 Å². The molecule has 3 nitrogen and oxygen atoms in total. The second-order valence-corrected chi connectivity index (χ2v) is 7.60. The van der Waals surface area contributed by atoms with E-state index in [4.69, 9.17) is 0 Å². The van der Waals surface area contributed by atoms with E-state index >= 15 is 0 Å². The molecule has 0 aliphatic carbocycles. The lowest BCUT2D eigenvalue weighted by atomic mass is 9.98. The molecular weight excluding hydrogens is 478 g/mol. The molecule has 112 valence electrons. The zero-order chi connectivity index (χ0) is 14.5. The van der Waals surface area contributed by atoms with Crippen LogP contribution in [0.25, 0.3) is 0 Å². The molecule has 1 saturated heterocycles. The summed E-state index contributed by atoms with van der Waals surface area (Å²) in [5, 5.41) is 13.4. The standard InChI is InChI=1S/C15H22I2N2O/c1-2-3-4-14(19-7-5-18-6-8-19)11-9-12(16)15(20)13(17)10-11/h9-10,14,18,20H,2-8H2,1H3/t14-/m1/s1. The van der Waals surface area contributed by atoms with Gasteiger partial charge >= 0.3 is 0 Å². The van der Waals surface area contributed by atoms with Crippen LogP contribution in [0.5, 0.6) is 5.75 Å². The van der Waals surface area contributed by atoms with Crippen LogP contribution in [0.3, 0.4) is 0 Å². The molecule has 1 aromatic carbocycles. The van der Waals surface area contributed by atoms with Crippen LogP contribution in [0.1, 0.15) is 37.8 Å². The molecular formula is C15H22I2N2O. The Morgan fingerprint density at radius 1 is 1.25 bits per heavy atom. The average Bonchev–Trinajstić information content (AvgIpc) is 2.46. The summed E-state index contributed by atoms with van der Waals surface area (Å²) in [4.78, 5) is 2.59. The number of phenols is 1. The van der Waals surface area contributed by atoms with E-state index in [1.54, 1.807) is 0 Å². The van der Waals surface area contributed by atoms with Gasteiger partial charge in [-0.05, 0) is 69.3 Å². The van der Waals surface area contributed by atoms with Gasteiger partial charge < -0.3 is 10.4 Å². The minimum atomic E-state index is 0.421. The van der Waals surface area contributed by atoms with E-state index in [9.17, 15) is 5.11 Å². The molecule has 1 heterocycles. The molecule has 0 spiro atoms. The molecule has 0 saturated carbocycles. The van der Waals surface area contributed by atoms with Gasteiger partial charge in [0.25, 0.3) is 0 Å². The van der Waals surface area contributed by atoms with Crippen molar-refractivity contribution in [3.63, 3.8) is 0 Å². The normalized spacial score (nSPS) is 18.1. The maximum absolute atomic E-state index is 9.96. The Morgan fingerprint density at radius 2 is 1.85 bits per heavy atom. The highest BCUT2D eigenvalue weighted by Crippen LogP contribution is 2.34. The number of aromatic hydroxyl groups is 1. The Labute approximate surface area is 148 Å². The van der Waals surface area contributed by atoms with Gasteiger partial charge in [0.05, 0.1) is 7.14 Å². The molecule has 1 aromatic rings. The highest BCUT2D eigenvalue weighted by atomic mass is 127. The molecule has 2 rings (SSSR count). The van der Waals surface area contributed by atoms with Gasteiger partial charge in [0.2, 0.25) is 0 Å². The number of unbranched alkanes of at least 4 members (excludes halogenated alkanes) is 1. The minimum absolute atomic E-state index is 0.421. The number of piperazine rings is 1. The summed E-state index contributed by atoms with van der Waals surface area (Å²) in [6, 6.07) is 4.79. The number of rotatable bonds is 5. The fourth-order valence-corrected chi connectivity index (χ4v) is 4.55. The summed E-state index contributed by atoms with van der Waals surface area (Å²) in [6.07, 6.45) is 3.69. The van der Waals surface area contributed by atoms with Crippen molar-refractivity contribution in [2.24, 2.45) is 0 Å². The fourth-order valence-electron chi connectivity index (χ4n) is 2.73. The van der Waals surface area contributed by atoms with Gasteiger partial charge in [-0.3, -0.25) is 4.90 Å². The van der Waals surface area contributed by atoms with E-state index in [-0.39, 0.29) is 0 Å². The number of hydrogen-bond acceptors (Lipinski definition) is 3. The number of nitrogens with zero attached hydrogens (tertiary/aromatic N) is 1. The Hall–Kier alpha value is 0.400. The van der Waals surface area contributed by atoms with Gasteiger partial charge in [-0.2, -0.15) is 0 Å². The molecule has 1 aliphatic heterocycles. The van der Waals surface area contributed by atoms with Crippen molar-refractivity contribution in [3.05, 3.63) is 24.8 Å². The molecule has 20 heavy (non-hydrogen) atoms. The second-order valence-electron chi connectivity index (χ2n) is 5.28. The van der Waals surface area contributed by atoms with Gasteiger partial charge in [0.15, 0.2) is 0 Å². The zero-order valence-corrected chi connectivity index (χ0v) is 16.1. The summed E-state index contributed by atoms with van der Waals surface area (Å²) in [6.45, 7) is 6.63. The quantitative estimate of drug-likeness (QED) is 0.606. The third-order valence-electron chi connectivity index (χ3n) is 3.85. The third kappa shape index (κ3) is 4.20. The Kier molecular flexibility index (Phi) is 6.83. The lowest BCUT2D eigenvalue weighted by Gasteiger charge is -2.35. The van der Waals surface area contributed by atoms with Gasteiger partial charge in [0, 0.05) is 32.2 Å². The molecule has 0 unspecified atom stereocenters. The molecule has 1 aliphatic rings. The maximum Gasteiger partial charge on any atom is 0.142 e. The summed E-state index contributed by atoms with van der Waals surface area (Å²) < 4.78 is 1.92. The van der Waals surface area contributed by atoms with Crippen LogP contribution in [-0.2, 0) is 0 Å². The van der Waals surface area contributed by atoms with E-state index in [0.29, 0.717) is 11.8 Å². The van der Waals surface area contributed by atoms with Gasteiger partial charge in [-0.1, -0.05) is 19.8 Å².